The first-order chi connectivity index (χ1) is 7.38. The first-order valence-corrected chi connectivity index (χ1v) is 4.69. The Morgan fingerprint density at radius 2 is 1.27 bits per heavy atom. The van der Waals surface area contributed by atoms with Crippen molar-refractivity contribution >= 4 is 12.2 Å². The maximum atomic E-state index is 4.58. The standard InChI is InChI=1S/C10H10.C4H4O/c1-3-9-7-5-6-8-10(9)4-2;1-2-4-5-3-1/h3-8H,1-2H2;1-4H. The molecule has 0 aliphatic heterocycles. The highest BCUT2D eigenvalue weighted by molar-refractivity contribution is 5.63. The Hall–Kier alpha value is -2.02. The lowest BCUT2D eigenvalue weighted by Crippen LogP contribution is -1.76. The highest BCUT2D eigenvalue weighted by atomic mass is 16.3. The highest BCUT2D eigenvalue weighted by Gasteiger charge is 1.89. The maximum absolute atomic E-state index is 4.58. The van der Waals surface area contributed by atoms with Gasteiger partial charge < -0.3 is 4.42 Å². The monoisotopic (exact) mass is 198 g/mol. The summed E-state index contributed by atoms with van der Waals surface area (Å²) in [6.07, 6.45) is 6.91. The molecule has 76 valence electrons. The fourth-order valence-electron chi connectivity index (χ4n) is 1.11. The van der Waals surface area contributed by atoms with E-state index in [1.807, 2.05) is 48.6 Å². The van der Waals surface area contributed by atoms with Crippen LogP contribution in [0.15, 0.2) is 66.5 Å². The molecule has 0 spiro atoms. The van der Waals surface area contributed by atoms with Gasteiger partial charge in [0.2, 0.25) is 0 Å². The molecule has 1 aromatic heterocycles. The molecule has 2 rings (SSSR count). The molecule has 1 nitrogen and oxygen atoms in total. The Morgan fingerprint density at radius 1 is 0.800 bits per heavy atom. The lowest BCUT2D eigenvalue weighted by Gasteiger charge is -1.96. The Balaban J connectivity index is 0.000000187. The van der Waals surface area contributed by atoms with Crippen LogP contribution < -0.4 is 0 Å². The van der Waals surface area contributed by atoms with E-state index in [4.69, 9.17) is 0 Å². The van der Waals surface area contributed by atoms with Gasteiger partial charge in [-0.05, 0) is 23.3 Å². The van der Waals surface area contributed by atoms with E-state index < -0.39 is 0 Å². The molecule has 15 heavy (non-hydrogen) atoms. The van der Waals surface area contributed by atoms with Gasteiger partial charge in [-0.1, -0.05) is 49.6 Å². The van der Waals surface area contributed by atoms with Gasteiger partial charge in [0.1, 0.15) is 0 Å². The van der Waals surface area contributed by atoms with E-state index in [0.717, 1.165) is 11.1 Å². The van der Waals surface area contributed by atoms with Crippen molar-refractivity contribution in [2.45, 2.75) is 0 Å². The van der Waals surface area contributed by atoms with Crippen LogP contribution in [-0.4, -0.2) is 0 Å². The summed E-state index contributed by atoms with van der Waals surface area (Å²) < 4.78 is 4.58. The second-order valence-electron chi connectivity index (χ2n) is 2.83. The van der Waals surface area contributed by atoms with Crippen molar-refractivity contribution in [2.24, 2.45) is 0 Å². The zero-order valence-corrected chi connectivity index (χ0v) is 8.60. The molecule has 0 aliphatic rings. The SMILES string of the molecule is C=Cc1ccccc1C=C.c1ccoc1. The van der Waals surface area contributed by atoms with E-state index >= 15 is 0 Å². The lowest BCUT2D eigenvalue weighted by molar-refractivity contribution is 0.567. The first kappa shape index (κ1) is 11.1. The van der Waals surface area contributed by atoms with Gasteiger partial charge in [-0.25, -0.2) is 0 Å². The second-order valence-corrected chi connectivity index (χ2v) is 2.83. The summed E-state index contributed by atoms with van der Waals surface area (Å²) in [4.78, 5) is 0. The third-order valence-electron chi connectivity index (χ3n) is 1.86. The molecule has 0 unspecified atom stereocenters. The van der Waals surface area contributed by atoms with E-state index in [9.17, 15) is 0 Å². The molecule has 0 fully saturated rings. The zero-order chi connectivity index (χ0) is 10.9. The summed E-state index contributed by atoms with van der Waals surface area (Å²) >= 11 is 0. The quantitative estimate of drug-likeness (QED) is 0.703. The Morgan fingerprint density at radius 3 is 1.53 bits per heavy atom. The largest absolute Gasteiger partial charge is 0.473 e. The molecule has 2 aromatic rings. The molecule has 0 saturated heterocycles. The van der Waals surface area contributed by atoms with E-state index in [1.165, 1.54) is 0 Å². The summed E-state index contributed by atoms with van der Waals surface area (Å²) in [7, 11) is 0. The molecule has 0 aliphatic carbocycles. The van der Waals surface area contributed by atoms with Crippen LogP contribution in [0.5, 0.6) is 0 Å². The van der Waals surface area contributed by atoms with Gasteiger partial charge in [-0.3, -0.25) is 0 Å². The Bertz CT molecular complexity index is 355. The fraction of sp³-hybridized carbons (Fsp3) is 0. The lowest BCUT2D eigenvalue weighted by atomic mass is 10.1. The zero-order valence-electron chi connectivity index (χ0n) is 8.60. The predicted molar refractivity (Wildman–Crippen MR) is 65.3 cm³/mol. The molecule has 1 heteroatoms. The van der Waals surface area contributed by atoms with Crippen LogP contribution in [0, 0.1) is 0 Å². The Kier molecular flexibility index (Phi) is 4.74. The summed E-state index contributed by atoms with van der Waals surface area (Å²) in [5, 5.41) is 0. The minimum absolute atomic E-state index is 1.14. The molecular formula is C14H14O. The summed E-state index contributed by atoms with van der Waals surface area (Å²) in [5.74, 6) is 0. The van der Waals surface area contributed by atoms with Crippen molar-refractivity contribution in [1.82, 2.24) is 0 Å². The topological polar surface area (TPSA) is 13.1 Å². The van der Waals surface area contributed by atoms with Gasteiger partial charge in [0, 0.05) is 0 Å². The van der Waals surface area contributed by atoms with E-state index in [0.29, 0.717) is 0 Å². The fourth-order valence-corrected chi connectivity index (χ4v) is 1.11. The van der Waals surface area contributed by atoms with Crippen LogP contribution in [0.4, 0.5) is 0 Å². The summed E-state index contributed by atoms with van der Waals surface area (Å²) in [6.45, 7) is 7.38. The van der Waals surface area contributed by atoms with Gasteiger partial charge >= 0.3 is 0 Å². The molecule has 0 amide bonds. The van der Waals surface area contributed by atoms with Gasteiger partial charge in [0.15, 0.2) is 0 Å². The van der Waals surface area contributed by atoms with Crippen molar-refractivity contribution in [3.05, 3.63) is 73.2 Å². The van der Waals surface area contributed by atoms with Gasteiger partial charge in [-0.15, -0.1) is 0 Å². The molecule has 0 atom stereocenters. The van der Waals surface area contributed by atoms with Crippen LogP contribution in [0.2, 0.25) is 0 Å². The number of hydrogen-bond donors (Lipinski definition) is 0. The molecular weight excluding hydrogens is 184 g/mol. The Labute approximate surface area is 90.4 Å². The average molecular weight is 198 g/mol. The average Bonchev–Trinajstić information content (AvgIpc) is 2.87. The van der Waals surface area contributed by atoms with Crippen LogP contribution in [0.3, 0.4) is 0 Å². The van der Waals surface area contributed by atoms with E-state index in [2.05, 4.69) is 17.6 Å². The maximum Gasteiger partial charge on any atom is 0.0902 e. The van der Waals surface area contributed by atoms with Crippen LogP contribution in [0.1, 0.15) is 11.1 Å². The predicted octanol–water partition coefficient (Wildman–Crippen LogP) is 4.25. The van der Waals surface area contributed by atoms with E-state index in [-0.39, 0.29) is 0 Å². The number of benzene rings is 1. The van der Waals surface area contributed by atoms with Crippen molar-refractivity contribution in [2.75, 3.05) is 0 Å². The molecule has 0 N–H and O–H groups in total. The molecule has 0 radical (unpaired) electrons. The molecule has 1 aromatic carbocycles. The highest BCUT2D eigenvalue weighted by Crippen LogP contribution is 2.10. The number of rotatable bonds is 2. The summed E-state index contributed by atoms with van der Waals surface area (Å²) in [5.41, 5.74) is 2.27. The van der Waals surface area contributed by atoms with Gasteiger partial charge in [0.05, 0.1) is 12.5 Å². The third kappa shape index (κ3) is 3.69. The first-order valence-electron chi connectivity index (χ1n) is 4.69. The normalized spacial score (nSPS) is 8.53. The van der Waals surface area contributed by atoms with Crippen molar-refractivity contribution in [3.8, 4) is 0 Å². The van der Waals surface area contributed by atoms with Crippen LogP contribution in [-0.2, 0) is 0 Å². The van der Waals surface area contributed by atoms with Crippen molar-refractivity contribution in [1.29, 1.82) is 0 Å². The minimum Gasteiger partial charge on any atom is -0.473 e. The van der Waals surface area contributed by atoms with Crippen molar-refractivity contribution in [3.63, 3.8) is 0 Å². The summed E-state index contributed by atoms with van der Waals surface area (Å²) in [6, 6.07) is 11.7. The number of hydrogen-bond acceptors (Lipinski definition) is 1. The number of furan rings is 1. The second kappa shape index (κ2) is 6.44. The van der Waals surface area contributed by atoms with E-state index in [1.54, 1.807) is 12.5 Å². The van der Waals surface area contributed by atoms with Crippen LogP contribution in [0.25, 0.3) is 12.2 Å². The smallest absolute Gasteiger partial charge is 0.0902 e. The van der Waals surface area contributed by atoms with Gasteiger partial charge in [-0.2, -0.15) is 0 Å². The molecule has 0 saturated carbocycles. The minimum atomic E-state index is 1.14. The molecule has 1 heterocycles. The van der Waals surface area contributed by atoms with Crippen LogP contribution >= 0.6 is 0 Å². The van der Waals surface area contributed by atoms with Crippen molar-refractivity contribution < 1.29 is 4.42 Å². The van der Waals surface area contributed by atoms with Gasteiger partial charge in [0.25, 0.3) is 0 Å². The third-order valence-corrected chi connectivity index (χ3v) is 1.86. The molecule has 0 bridgehead atoms.